The molecule has 7 heteroatoms. The Morgan fingerprint density at radius 2 is 2.13 bits per heavy atom. The second-order valence-corrected chi connectivity index (χ2v) is 8.66. The van der Waals surface area contributed by atoms with E-state index in [4.69, 9.17) is 0 Å². The van der Waals surface area contributed by atoms with Crippen LogP contribution in [0.4, 0.5) is 4.39 Å². The van der Waals surface area contributed by atoms with Crippen molar-refractivity contribution in [2.45, 2.75) is 30.7 Å². The number of rotatable bonds is 4. The zero-order chi connectivity index (χ0) is 16.5. The molecule has 0 spiro atoms. The number of hydrogen-bond donors (Lipinski definition) is 2. The third-order valence-corrected chi connectivity index (χ3v) is 6.46. The molecule has 1 unspecified atom stereocenters. The molecule has 1 saturated carbocycles. The van der Waals surface area contributed by atoms with Crippen molar-refractivity contribution in [3.8, 4) is 0 Å². The van der Waals surface area contributed by atoms with E-state index in [0.29, 0.717) is 18.9 Å². The van der Waals surface area contributed by atoms with Gasteiger partial charge >= 0.3 is 0 Å². The van der Waals surface area contributed by atoms with E-state index in [1.54, 1.807) is 13.1 Å². The molecule has 1 aromatic carbocycles. The fraction of sp³-hybridized carbons (Fsp3) is 0.562. The first-order chi connectivity index (χ1) is 10.9. The second kappa shape index (κ2) is 6.11. The van der Waals surface area contributed by atoms with Crippen LogP contribution in [-0.2, 0) is 15.3 Å². The van der Waals surface area contributed by atoms with Crippen LogP contribution in [0.15, 0.2) is 29.3 Å². The van der Waals surface area contributed by atoms with E-state index in [0.717, 1.165) is 18.4 Å². The third kappa shape index (κ3) is 3.65. The Kier molecular flexibility index (Phi) is 4.31. The molecule has 1 aromatic rings. The van der Waals surface area contributed by atoms with E-state index < -0.39 is 9.84 Å². The predicted octanol–water partition coefficient (Wildman–Crippen LogP) is 1.21. The molecule has 2 N–H and O–H groups in total. The Morgan fingerprint density at radius 3 is 2.70 bits per heavy atom. The summed E-state index contributed by atoms with van der Waals surface area (Å²) < 4.78 is 37.0. The van der Waals surface area contributed by atoms with Crippen molar-refractivity contribution in [3.63, 3.8) is 0 Å². The molecule has 126 valence electrons. The molecule has 1 aliphatic carbocycles. The van der Waals surface area contributed by atoms with Gasteiger partial charge in [0.15, 0.2) is 15.8 Å². The van der Waals surface area contributed by atoms with Crippen molar-refractivity contribution < 1.29 is 12.8 Å². The molecule has 1 aliphatic heterocycles. The van der Waals surface area contributed by atoms with Gasteiger partial charge in [-0.1, -0.05) is 18.2 Å². The minimum Gasteiger partial charge on any atom is -0.356 e. The lowest BCUT2D eigenvalue weighted by Gasteiger charge is -2.21. The van der Waals surface area contributed by atoms with Gasteiger partial charge < -0.3 is 10.6 Å². The van der Waals surface area contributed by atoms with Crippen LogP contribution in [0.2, 0.25) is 0 Å². The van der Waals surface area contributed by atoms with Crippen LogP contribution >= 0.6 is 0 Å². The van der Waals surface area contributed by atoms with Crippen molar-refractivity contribution in [1.29, 1.82) is 0 Å². The van der Waals surface area contributed by atoms with Crippen molar-refractivity contribution in [1.82, 2.24) is 10.6 Å². The summed E-state index contributed by atoms with van der Waals surface area (Å²) in [6, 6.07) is 6.78. The maximum absolute atomic E-state index is 14.0. The lowest BCUT2D eigenvalue weighted by Crippen LogP contribution is -2.46. The van der Waals surface area contributed by atoms with Crippen LogP contribution in [-0.4, -0.2) is 45.5 Å². The number of hydrogen-bond acceptors (Lipinski definition) is 3. The monoisotopic (exact) mass is 339 g/mol. The standard InChI is InChI=1S/C16H22FN3O2S/c1-18-15(20-12-6-9-23(21,22)10-12)19-11-16(7-8-16)13-4-2-3-5-14(13)17/h2-5,12H,6-11H2,1H3,(H2,18,19,20). The van der Waals surface area contributed by atoms with Crippen LogP contribution in [0.3, 0.4) is 0 Å². The third-order valence-electron chi connectivity index (χ3n) is 4.69. The zero-order valence-corrected chi connectivity index (χ0v) is 14.0. The highest BCUT2D eigenvalue weighted by atomic mass is 32.2. The number of guanidine groups is 1. The van der Waals surface area contributed by atoms with Crippen LogP contribution < -0.4 is 10.6 Å². The summed E-state index contributed by atoms with van der Waals surface area (Å²) in [6.07, 6.45) is 2.48. The summed E-state index contributed by atoms with van der Waals surface area (Å²) in [7, 11) is -1.27. The molecule has 0 aromatic heterocycles. The summed E-state index contributed by atoms with van der Waals surface area (Å²) in [5, 5.41) is 6.38. The normalized spacial score (nSPS) is 25.1. The number of aliphatic imine (C=N–C) groups is 1. The second-order valence-electron chi connectivity index (χ2n) is 6.43. The van der Waals surface area contributed by atoms with Gasteiger partial charge in [-0.05, 0) is 30.9 Å². The Labute approximate surface area is 136 Å². The quantitative estimate of drug-likeness (QED) is 0.639. The first-order valence-corrected chi connectivity index (χ1v) is 9.69. The Hall–Kier alpha value is -1.63. The highest BCUT2D eigenvalue weighted by Crippen LogP contribution is 2.48. The van der Waals surface area contributed by atoms with E-state index in [9.17, 15) is 12.8 Å². The van der Waals surface area contributed by atoms with Gasteiger partial charge in [0.2, 0.25) is 0 Å². The van der Waals surface area contributed by atoms with E-state index >= 15 is 0 Å². The van der Waals surface area contributed by atoms with Crippen LogP contribution in [0, 0.1) is 5.82 Å². The summed E-state index contributed by atoms with van der Waals surface area (Å²) >= 11 is 0. The molecule has 2 fully saturated rings. The van der Waals surface area contributed by atoms with Gasteiger partial charge in [-0.3, -0.25) is 4.99 Å². The number of sulfone groups is 1. The molecule has 3 rings (SSSR count). The van der Waals surface area contributed by atoms with E-state index in [1.165, 1.54) is 6.07 Å². The van der Waals surface area contributed by atoms with Gasteiger partial charge in [0.25, 0.3) is 0 Å². The van der Waals surface area contributed by atoms with Crippen molar-refractivity contribution in [3.05, 3.63) is 35.6 Å². The first-order valence-electron chi connectivity index (χ1n) is 7.87. The van der Waals surface area contributed by atoms with E-state index in [-0.39, 0.29) is 28.8 Å². The number of halogens is 1. The molecule has 0 radical (unpaired) electrons. The van der Waals surface area contributed by atoms with Crippen LogP contribution in [0.25, 0.3) is 0 Å². The molecule has 5 nitrogen and oxygen atoms in total. The number of benzene rings is 1. The average molecular weight is 339 g/mol. The maximum Gasteiger partial charge on any atom is 0.191 e. The smallest absolute Gasteiger partial charge is 0.191 e. The minimum atomic E-state index is -2.92. The van der Waals surface area contributed by atoms with Crippen LogP contribution in [0.1, 0.15) is 24.8 Å². The van der Waals surface area contributed by atoms with Gasteiger partial charge in [-0.25, -0.2) is 12.8 Å². The summed E-state index contributed by atoms with van der Waals surface area (Å²) in [4.78, 5) is 4.15. The highest BCUT2D eigenvalue weighted by Gasteiger charge is 2.45. The molecule has 1 atom stereocenters. The van der Waals surface area contributed by atoms with Crippen LogP contribution in [0.5, 0.6) is 0 Å². The Morgan fingerprint density at radius 1 is 1.39 bits per heavy atom. The van der Waals surface area contributed by atoms with Gasteiger partial charge in [0.05, 0.1) is 11.5 Å². The topological polar surface area (TPSA) is 70.6 Å². The van der Waals surface area contributed by atoms with Crippen molar-refractivity contribution in [2.24, 2.45) is 4.99 Å². The minimum absolute atomic E-state index is 0.102. The Balaban J connectivity index is 1.60. The predicted molar refractivity (Wildman–Crippen MR) is 88.9 cm³/mol. The van der Waals surface area contributed by atoms with Gasteiger partial charge in [-0.2, -0.15) is 0 Å². The van der Waals surface area contributed by atoms with E-state index in [1.807, 2.05) is 12.1 Å². The molecule has 1 saturated heterocycles. The molecule has 1 heterocycles. The lowest BCUT2D eigenvalue weighted by molar-refractivity contribution is 0.556. The molecular weight excluding hydrogens is 317 g/mol. The Bertz CT molecular complexity index is 714. The SMILES string of the molecule is CN=C(NCC1(c2ccccc2F)CC1)NC1CCS(=O)(=O)C1. The maximum atomic E-state index is 14.0. The summed E-state index contributed by atoms with van der Waals surface area (Å²) in [6.45, 7) is 0.590. The highest BCUT2D eigenvalue weighted by molar-refractivity contribution is 7.91. The number of nitrogens with zero attached hydrogens (tertiary/aromatic N) is 1. The number of nitrogens with one attached hydrogen (secondary N) is 2. The fourth-order valence-electron chi connectivity index (χ4n) is 3.13. The van der Waals surface area contributed by atoms with Crippen molar-refractivity contribution in [2.75, 3.05) is 25.1 Å². The fourth-order valence-corrected chi connectivity index (χ4v) is 4.81. The summed E-state index contributed by atoms with van der Waals surface area (Å²) in [5.41, 5.74) is 0.566. The van der Waals surface area contributed by atoms with Gasteiger partial charge in [0.1, 0.15) is 5.82 Å². The first kappa shape index (κ1) is 16.2. The molecule has 0 bridgehead atoms. The largest absolute Gasteiger partial charge is 0.356 e. The van der Waals surface area contributed by atoms with Crippen molar-refractivity contribution >= 4 is 15.8 Å². The zero-order valence-electron chi connectivity index (χ0n) is 13.2. The average Bonchev–Trinajstić information content (AvgIpc) is 3.22. The van der Waals surface area contributed by atoms with Gasteiger partial charge in [0, 0.05) is 25.0 Å². The van der Waals surface area contributed by atoms with Gasteiger partial charge in [-0.15, -0.1) is 0 Å². The molecule has 23 heavy (non-hydrogen) atoms. The molecular formula is C16H22FN3O2S. The van der Waals surface area contributed by atoms with E-state index in [2.05, 4.69) is 15.6 Å². The summed E-state index contributed by atoms with van der Waals surface area (Å²) in [5.74, 6) is 0.777. The molecule has 0 amide bonds. The molecule has 2 aliphatic rings. The lowest BCUT2D eigenvalue weighted by atomic mass is 9.95.